The van der Waals surface area contributed by atoms with Crippen LogP contribution in [0.3, 0.4) is 0 Å². The van der Waals surface area contributed by atoms with Crippen molar-refractivity contribution < 1.29 is 4.79 Å². The summed E-state index contributed by atoms with van der Waals surface area (Å²) < 4.78 is 0. The molecule has 26 heavy (non-hydrogen) atoms. The van der Waals surface area contributed by atoms with E-state index >= 15 is 0 Å². The van der Waals surface area contributed by atoms with Crippen molar-refractivity contribution in [3.63, 3.8) is 0 Å². The van der Waals surface area contributed by atoms with Crippen LogP contribution in [0.4, 0.5) is 5.82 Å². The molecule has 0 bridgehead atoms. The molecule has 2 aliphatic rings. The first kappa shape index (κ1) is 18.9. The van der Waals surface area contributed by atoms with Crippen molar-refractivity contribution in [2.24, 2.45) is 5.73 Å². The number of halogens is 1. The van der Waals surface area contributed by atoms with Crippen LogP contribution in [-0.4, -0.2) is 50.2 Å². The van der Waals surface area contributed by atoms with Gasteiger partial charge in [0.25, 0.3) is 5.91 Å². The lowest BCUT2D eigenvalue weighted by Gasteiger charge is -2.30. The lowest BCUT2D eigenvalue weighted by atomic mass is 9.91. The molecule has 3 heterocycles. The average molecular weight is 396 g/mol. The maximum absolute atomic E-state index is 12.7. The van der Waals surface area contributed by atoms with Crippen molar-refractivity contribution in [1.82, 2.24) is 25.3 Å². The number of H-pyrrole nitrogens is 1. The van der Waals surface area contributed by atoms with Gasteiger partial charge in [0.15, 0.2) is 17.0 Å². The molecule has 140 valence electrons. The van der Waals surface area contributed by atoms with Gasteiger partial charge in [0.1, 0.15) is 6.33 Å². The Morgan fingerprint density at radius 2 is 2.15 bits per heavy atom. The molecule has 0 saturated heterocycles. The molecular weight excluding hydrogens is 374 g/mol. The van der Waals surface area contributed by atoms with E-state index in [1.54, 1.807) is 18.1 Å². The van der Waals surface area contributed by atoms with Gasteiger partial charge in [-0.25, -0.2) is 15.0 Å². The monoisotopic (exact) mass is 395 g/mol. The molecule has 1 amide bonds. The summed E-state index contributed by atoms with van der Waals surface area (Å²) in [6.07, 6.45) is 9.15. The van der Waals surface area contributed by atoms with Crippen LogP contribution in [0.25, 0.3) is 11.2 Å². The van der Waals surface area contributed by atoms with E-state index < -0.39 is 0 Å². The Hall–Kier alpha value is -1.84. The Kier molecular flexibility index (Phi) is 6.00. The number of amides is 1. The molecule has 4 N–H and O–H groups in total. The third-order valence-electron chi connectivity index (χ3n) is 4.69. The number of thioether (sulfide) groups is 1. The van der Waals surface area contributed by atoms with E-state index in [4.69, 9.17) is 5.73 Å². The standard InChI is InChI=1S/C16H21N7OS.ClH/c17-10-3-1-2-4-11(10)22-16(24)12-7-23(5-6-25-12)15-13-14(19-8-18-13)20-9-21-15;/h7-11H,1-6,17H2,(H,22,24)(H,18,19,20,21);1H/t10-,11-;/m1./s1. The van der Waals surface area contributed by atoms with Crippen molar-refractivity contribution >= 4 is 47.1 Å². The van der Waals surface area contributed by atoms with Gasteiger partial charge in [0.05, 0.1) is 11.2 Å². The predicted molar refractivity (Wildman–Crippen MR) is 105 cm³/mol. The molecule has 2 aromatic rings. The van der Waals surface area contributed by atoms with Gasteiger partial charge in [0.2, 0.25) is 0 Å². The summed E-state index contributed by atoms with van der Waals surface area (Å²) in [6, 6.07) is 0.115. The predicted octanol–water partition coefficient (Wildman–Crippen LogP) is 1.56. The number of carbonyl (C=O) groups is 1. The highest BCUT2D eigenvalue weighted by atomic mass is 35.5. The van der Waals surface area contributed by atoms with Gasteiger partial charge in [-0.05, 0) is 12.8 Å². The van der Waals surface area contributed by atoms with Crippen LogP contribution in [0.15, 0.2) is 23.8 Å². The number of hydrogen-bond donors (Lipinski definition) is 3. The van der Waals surface area contributed by atoms with Crippen molar-refractivity contribution in [3.8, 4) is 0 Å². The molecule has 1 aliphatic carbocycles. The quantitative estimate of drug-likeness (QED) is 0.722. The number of fused-ring (bicyclic) bond motifs is 1. The number of aromatic nitrogens is 4. The fourth-order valence-electron chi connectivity index (χ4n) is 3.33. The van der Waals surface area contributed by atoms with E-state index in [0.29, 0.717) is 21.9 Å². The average Bonchev–Trinajstić information content (AvgIpc) is 3.12. The summed E-state index contributed by atoms with van der Waals surface area (Å²) in [5, 5.41) is 3.11. The van der Waals surface area contributed by atoms with E-state index in [1.807, 2.05) is 11.1 Å². The highest BCUT2D eigenvalue weighted by Gasteiger charge is 2.26. The Morgan fingerprint density at radius 1 is 1.31 bits per heavy atom. The Balaban J connectivity index is 0.00000196. The van der Waals surface area contributed by atoms with Gasteiger partial charge in [-0.1, -0.05) is 12.8 Å². The topological polar surface area (TPSA) is 113 Å². The van der Waals surface area contributed by atoms with Crippen LogP contribution in [0.1, 0.15) is 25.7 Å². The van der Waals surface area contributed by atoms with Crippen LogP contribution < -0.4 is 16.0 Å². The van der Waals surface area contributed by atoms with Crippen LogP contribution in [0.5, 0.6) is 0 Å². The smallest absolute Gasteiger partial charge is 0.259 e. The van der Waals surface area contributed by atoms with Crippen molar-refractivity contribution in [1.29, 1.82) is 0 Å². The molecule has 8 nitrogen and oxygen atoms in total. The van der Waals surface area contributed by atoms with E-state index in [2.05, 4.69) is 25.3 Å². The molecule has 0 unspecified atom stereocenters. The number of anilines is 1. The summed E-state index contributed by atoms with van der Waals surface area (Å²) in [6.45, 7) is 0.767. The van der Waals surface area contributed by atoms with Gasteiger partial charge in [-0.15, -0.1) is 24.2 Å². The Labute approximate surface area is 161 Å². The fraction of sp³-hybridized carbons (Fsp3) is 0.500. The third kappa shape index (κ3) is 3.79. The van der Waals surface area contributed by atoms with Crippen molar-refractivity contribution in [2.75, 3.05) is 17.2 Å². The largest absolute Gasteiger partial charge is 0.347 e. The van der Waals surface area contributed by atoms with Gasteiger partial charge in [-0.2, -0.15) is 0 Å². The second kappa shape index (κ2) is 8.24. The van der Waals surface area contributed by atoms with Crippen LogP contribution in [0.2, 0.25) is 0 Å². The molecule has 0 radical (unpaired) electrons. The number of nitrogens with zero attached hydrogens (tertiary/aromatic N) is 4. The van der Waals surface area contributed by atoms with Gasteiger partial charge in [-0.3, -0.25) is 4.79 Å². The normalized spacial score (nSPS) is 23.3. The third-order valence-corrected chi connectivity index (χ3v) is 5.68. The second-order valence-corrected chi connectivity index (χ2v) is 7.50. The van der Waals surface area contributed by atoms with Crippen LogP contribution >= 0.6 is 24.2 Å². The first-order chi connectivity index (χ1) is 12.2. The summed E-state index contributed by atoms with van der Waals surface area (Å²) in [4.78, 5) is 31.1. The molecule has 0 spiro atoms. The maximum Gasteiger partial charge on any atom is 0.259 e. The van der Waals surface area contributed by atoms with Gasteiger partial charge in [0, 0.05) is 30.6 Å². The van der Waals surface area contributed by atoms with E-state index in [1.165, 1.54) is 6.33 Å². The summed E-state index contributed by atoms with van der Waals surface area (Å²) in [5.41, 5.74) is 7.54. The zero-order valence-electron chi connectivity index (χ0n) is 14.2. The number of aromatic amines is 1. The molecule has 10 heteroatoms. The molecule has 2 aromatic heterocycles. The maximum atomic E-state index is 12.7. The minimum absolute atomic E-state index is 0. The highest BCUT2D eigenvalue weighted by Crippen LogP contribution is 2.28. The van der Waals surface area contributed by atoms with Crippen molar-refractivity contribution in [3.05, 3.63) is 23.8 Å². The highest BCUT2D eigenvalue weighted by molar-refractivity contribution is 8.04. The molecule has 2 atom stereocenters. The molecule has 4 rings (SSSR count). The molecule has 1 aliphatic heterocycles. The Morgan fingerprint density at radius 3 is 3.00 bits per heavy atom. The van der Waals surface area contributed by atoms with Crippen LogP contribution in [0, 0.1) is 0 Å². The fourth-order valence-corrected chi connectivity index (χ4v) is 4.23. The molecule has 1 saturated carbocycles. The zero-order valence-corrected chi connectivity index (χ0v) is 15.9. The number of nitrogens with one attached hydrogen (secondary N) is 2. The van der Waals surface area contributed by atoms with E-state index in [-0.39, 0.29) is 30.4 Å². The zero-order chi connectivity index (χ0) is 17.2. The number of carbonyl (C=O) groups excluding carboxylic acids is 1. The number of nitrogens with two attached hydrogens (primary N) is 1. The summed E-state index contributed by atoms with van der Waals surface area (Å²) in [5.74, 6) is 1.47. The van der Waals surface area contributed by atoms with E-state index in [0.717, 1.165) is 38.0 Å². The Bertz CT molecular complexity index is 811. The molecule has 0 aromatic carbocycles. The molecular formula is C16H22ClN7OS. The molecule has 1 fully saturated rings. The SMILES string of the molecule is Cl.N[C@@H]1CCCC[C@H]1NC(=O)C1=CN(c2ncnc3[nH]cnc23)CCS1. The van der Waals surface area contributed by atoms with Gasteiger partial charge >= 0.3 is 0 Å². The summed E-state index contributed by atoms with van der Waals surface area (Å²) >= 11 is 1.56. The minimum atomic E-state index is -0.0515. The number of hydrogen-bond acceptors (Lipinski definition) is 7. The number of rotatable bonds is 3. The van der Waals surface area contributed by atoms with Crippen molar-refractivity contribution in [2.45, 2.75) is 37.8 Å². The first-order valence-electron chi connectivity index (χ1n) is 8.54. The lowest BCUT2D eigenvalue weighted by molar-refractivity contribution is -0.117. The minimum Gasteiger partial charge on any atom is -0.347 e. The first-order valence-corrected chi connectivity index (χ1v) is 9.53. The van der Waals surface area contributed by atoms with Gasteiger partial charge < -0.3 is 20.9 Å². The lowest BCUT2D eigenvalue weighted by Crippen LogP contribution is -2.49. The number of imidazole rings is 1. The summed E-state index contributed by atoms with van der Waals surface area (Å²) in [7, 11) is 0. The van der Waals surface area contributed by atoms with E-state index in [9.17, 15) is 4.79 Å². The second-order valence-electron chi connectivity index (χ2n) is 6.36. The van der Waals surface area contributed by atoms with Crippen LogP contribution in [-0.2, 0) is 4.79 Å².